The number of nitrogens with zero attached hydrogens (tertiary/aromatic N) is 2. The molecule has 7 heteroatoms. The van der Waals surface area contributed by atoms with E-state index >= 15 is 0 Å². The summed E-state index contributed by atoms with van der Waals surface area (Å²) in [5, 5.41) is 4.33. The first-order valence-electron chi connectivity index (χ1n) is 6.29. The molecule has 0 unspecified atom stereocenters. The van der Waals surface area contributed by atoms with Crippen LogP contribution in [0.2, 0.25) is 5.02 Å². The van der Waals surface area contributed by atoms with Crippen molar-refractivity contribution in [1.82, 2.24) is 10.1 Å². The number of sulfone groups is 1. The Morgan fingerprint density at radius 3 is 2.80 bits per heavy atom. The van der Waals surface area contributed by atoms with E-state index in [2.05, 4.69) is 10.1 Å². The Hall–Kier alpha value is -1.40. The number of hydrogen-bond donors (Lipinski definition) is 0. The van der Waals surface area contributed by atoms with E-state index in [0.29, 0.717) is 22.3 Å². The Labute approximate surface area is 121 Å². The third-order valence-electron chi connectivity index (χ3n) is 3.05. The van der Waals surface area contributed by atoms with Gasteiger partial charge in [-0.2, -0.15) is 4.98 Å². The molecule has 1 heterocycles. The normalized spacial score (nSPS) is 15.4. The Morgan fingerprint density at radius 1 is 1.30 bits per heavy atom. The maximum atomic E-state index is 12.1. The van der Waals surface area contributed by atoms with Gasteiger partial charge in [-0.25, -0.2) is 8.42 Å². The largest absolute Gasteiger partial charge is 0.338 e. The Bertz CT molecular complexity index is 723. The summed E-state index contributed by atoms with van der Waals surface area (Å²) in [6.07, 6.45) is 2.10. The molecule has 0 bridgehead atoms. The maximum Gasteiger partial charge on any atom is 0.241 e. The molecule has 2 aromatic rings. The molecule has 1 aromatic carbocycles. The summed E-state index contributed by atoms with van der Waals surface area (Å²) >= 11 is 5.84. The van der Waals surface area contributed by atoms with E-state index in [1.54, 1.807) is 24.3 Å². The van der Waals surface area contributed by atoms with Crippen LogP contribution in [0, 0.1) is 0 Å². The lowest BCUT2D eigenvalue weighted by Gasteiger charge is -2.02. The van der Waals surface area contributed by atoms with Crippen molar-refractivity contribution in [2.75, 3.05) is 0 Å². The molecule has 0 saturated heterocycles. The molecule has 1 aromatic heterocycles. The monoisotopic (exact) mass is 312 g/mol. The molecule has 20 heavy (non-hydrogen) atoms. The fourth-order valence-corrected chi connectivity index (χ4v) is 3.45. The Balaban J connectivity index is 1.71. The van der Waals surface area contributed by atoms with Gasteiger partial charge in [0, 0.05) is 10.9 Å². The highest BCUT2D eigenvalue weighted by Gasteiger charge is 2.29. The average molecular weight is 313 g/mol. The van der Waals surface area contributed by atoms with Crippen LogP contribution in [0.5, 0.6) is 0 Å². The van der Waals surface area contributed by atoms with Crippen LogP contribution in [0.25, 0.3) is 0 Å². The lowest BCUT2D eigenvalue weighted by Crippen LogP contribution is -2.08. The summed E-state index contributed by atoms with van der Waals surface area (Å²) in [7, 11) is -3.35. The molecule has 1 aliphatic carbocycles. The van der Waals surface area contributed by atoms with Gasteiger partial charge in [0.15, 0.2) is 15.7 Å². The van der Waals surface area contributed by atoms with Gasteiger partial charge in [0.1, 0.15) is 5.75 Å². The fraction of sp³-hybridized carbons (Fsp3) is 0.385. The van der Waals surface area contributed by atoms with E-state index < -0.39 is 9.84 Å². The van der Waals surface area contributed by atoms with Gasteiger partial charge in [-0.15, -0.1) is 0 Å². The van der Waals surface area contributed by atoms with Gasteiger partial charge in [-0.05, 0) is 30.5 Å². The van der Waals surface area contributed by atoms with Crippen molar-refractivity contribution < 1.29 is 12.9 Å². The fourth-order valence-electron chi connectivity index (χ4n) is 1.95. The lowest BCUT2D eigenvalue weighted by molar-refractivity contribution is 0.382. The summed E-state index contributed by atoms with van der Waals surface area (Å²) in [4.78, 5) is 4.13. The summed E-state index contributed by atoms with van der Waals surface area (Å²) in [6.45, 7) is 0. The van der Waals surface area contributed by atoms with E-state index in [1.807, 2.05) is 0 Å². The molecular weight excluding hydrogens is 300 g/mol. The van der Waals surface area contributed by atoms with E-state index in [0.717, 1.165) is 12.8 Å². The highest BCUT2D eigenvalue weighted by Crippen LogP contribution is 2.38. The minimum Gasteiger partial charge on any atom is -0.338 e. The van der Waals surface area contributed by atoms with Gasteiger partial charge in [-0.1, -0.05) is 28.9 Å². The van der Waals surface area contributed by atoms with Gasteiger partial charge >= 0.3 is 0 Å². The van der Waals surface area contributed by atoms with Gasteiger partial charge in [0.2, 0.25) is 5.89 Å². The molecular formula is C13H13ClN2O3S. The van der Waals surface area contributed by atoms with Crippen molar-refractivity contribution >= 4 is 21.4 Å². The first-order valence-corrected chi connectivity index (χ1v) is 8.49. The predicted octanol–water partition coefficient (Wildman–Crippen LogP) is 2.72. The molecule has 1 aliphatic rings. The molecule has 0 spiro atoms. The summed E-state index contributed by atoms with van der Waals surface area (Å²) in [6, 6.07) is 6.80. The topological polar surface area (TPSA) is 73.1 Å². The van der Waals surface area contributed by atoms with Crippen LogP contribution >= 0.6 is 11.6 Å². The zero-order valence-electron chi connectivity index (χ0n) is 10.6. The molecule has 106 valence electrons. The molecule has 1 fully saturated rings. The minimum atomic E-state index is -3.35. The van der Waals surface area contributed by atoms with E-state index in [4.69, 9.17) is 16.1 Å². The highest BCUT2D eigenvalue weighted by atomic mass is 35.5. The van der Waals surface area contributed by atoms with Crippen LogP contribution in [-0.2, 0) is 21.3 Å². The second kappa shape index (κ2) is 5.18. The van der Waals surface area contributed by atoms with Crippen LogP contribution in [0.4, 0.5) is 0 Å². The van der Waals surface area contributed by atoms with Crippen molar-refractivity contribution in [1.29, 1.82) is 0 Å². The van der Waals surface area contributed by atoms with Crippen LogP contribution in [0.3, 0.4) is 0 Å². The van der Waals surface area contributed by atoms with Gasteiger partial charge in [0.25, 0.3) is 0 Å². The maximum absolute atomic E-state index is 12.1. The lowest BCUT2D eigenvalue weighted by atomic mass is 10.2. The zero-order valence-corrected chi connectivity index (χ0v) is 12.2. The van der Waals surface area contributed by atoms with Gasteiger partial charge < -0.3 is 4.52 Å². The molecule has 0 amide bonds. The third-order valence-corrected chi connectivity index (χ3v) is 4.74. The van der Waals surface area contributed by atoms with Crippen molar-refractivity contribution in [2.45, 2.75) is 30.3 Å². The summed E-state index contributed by atoms with van der Waals surface area (Å²) < 4.78 is 29.2. The standard InChI is InChI=1S/C13H13ClN2O3S/c14-11-3-1-2-9(6-11)7-20(17,18)8-12-15-13(16-19-12)10-4-5-10/h1-3,6,10H,4-5,7-8H2. The summed E-state index contributed by atoms with van der Waals surface area (Å²) in [5.74, 6) is 0.809. The van der Waals surface area contributed by atoms with E-state index in [9.17, 15) is 8.42 Å². The summed E-state index contributed by atoms with van der Waals surface area (Å²) in [5.41, 5.74) is 0.652. The van der Waals surface area contributed by atoms with E-state index in [-0.39, 0.29) is 17.4 Å². The SMILES string of the molecule is O=S(=O)(Cc1cccc(Cl)c1)Cc1nc(C2CC2)no1. The Morgan fingerprint density at radius 2 is 2.10 bits per heavy atom. The smallest absolute Gasteiger partial charge is 0.241 e. The number of rotatable bonds is 5. The van der Waals surface area contributed by atoms with Crippen LogP contribution in [0.15, 0.2) is 28.8 Å². The van der Waals surface area contributed by atoms with E-state index in [1.165, 1.54) is 0 Å². The van der Waals surface area contributed by atoms with Crippen molar-refractivity contribution in [3.63, 3.8) is 0 Å². The number of aromatic nitrogens is 2. The molecule has 0 N–H and O–H groups in total. The second-order valence-corrected chi connectivity index (χ2v) is 7.48. The molecule has 3 rings (SSSR count). The highest BCUT2D eigenvalue weighted by molar-refractivity contribution is 7.89. The molecule has 5 nitrogen and oxygen atoms in total. The first kappa shape index (κ1) is 13.6. The van der Waals surface area contributed by atoms with Crippen molar-refractivity contribution in [3.8, 4) is 0 Å². The molecule has 1 saturated carbocycles. The van der Waals surface area contributed by atoms with Gasteiger partial charge in [0.05, 0.1) is 5.75 Å². The first-order chi connectivity index (χ1) is 9.52. The number of benzene rings is 1. The van der Waals surface area contributed by atoms with Crippen LogP contribution in [0.1, 0.15) is 36.0 Å². The molecule has 0 radical (unpaired) electrons. The van der Waals surface area contributed by atoms with Gasteiger partial charge in [-0.3, -0.25) is 0 Å². The van der Waals surface area contributed by atoms with Crippen molar-refractivity contribution in [2.24, 2.45) is 0 Å². The second-order valence-electron chi connectivity index (χ2n) is 4.98. The Kier molecular flexibility index (Phi) is 3.52. The number of hydrogen-bond acceptors (Lipinski definition) is 5. The van der Waals surface area contributed by atoms with Crippen molar-refractivity contribution in [3.05, 3.63) is 46.6 Å². The predicted molar refractivity (Wildman–Crippen MR) is 74.1 cm³/mol. The molecule has 0 atom stereocenters. The minimum absolute atomic E-state index is 0.0886. The third kappa shape index (κ3) is 3.37. The molecule has 0 aliphatic heterocycles. The van der Waals surface area contributed by atoms with Crippen LogP contribution in [-0.4, -0.2) is 18.6 Å². The quantitative estimate of drug-likeness (QED) is 0.848. The number of halogens is 1. The average Bonchev–Trinajstić information content (AvgIpc) is 3.10. The van der Waals surface area contributed by atoms with Crippen LogP contribution < -0.4 is 0 Å². The zero-order chi connectivity index (χ0) is 14.2.